The van der Waals surface area contributed by atoms with E-state index in [-0.39, 0.29) is 64.5 Å². The predicted octanol–water partition coefficient (Wildman–Crippen LogP) is 3.57. The second kappa shape index (κ2) is 25.5. The number of aryl methyl sites for hydroxylation is 2. The number of amides is 5. The van der Waals surface area contributed by atoms with Crippen molar-refractivity contribution < 1.29 is 70.3 Å². The van der Waals surface area contributed by atoms with Crippen molar-refractivity contribution in [1.29, 1.82) is 0 Å². The van der Waals surface area contributed by atoms with E-state index >= 15 is 0 Å². The molecule has 0 saturated carbocycles. The van der Waals surface area contributed by atoms with E-state index in [4.69, 9.17) is 37.9 Å². The third-order valence-electron chi connectivity index (χ3n) is 12.2. The molecule has 0 spiro atoms. The zero-order chi connectivity index (χ0) is 53.6. The van der Waals surface area contributed by atoms with Crippen LogP contribution in [0, 0.1) is 0 Å². The van der Waals surface area contributed by atoms with Crippen LogP contribution in [0.15, 0.2) is 94.8 Å². The largest absolute Gasteiger partial charge is 0.493 e. The standard InChI is InChI=1S/C52H60N6O16S/c1-33-11-17-39(49(61)55-33)58-50(62)38-9-6-10-43(48(38)51(58)63)73-31-47(60)54-20-8-22-70-24-26-71-25-23-69-21-7-19-53-46(59)30-72-35-12-14-36(15-13-35)74-44-29-41-40(56(2)52(64)57(41)3)27-34(44)32-75(65,66)37-16-18-42(67-4)45(28-37)68-5/h6,9-10,12-16,18,27-29,39H,1,7-8,11,17,19-26,30-32H2,2-5H3,(H,53,59)(H,54,60)(H,55,61). The Labute approximate surface area is 432 Å². The van der Waals surface area contributed by atoms with Crippen LogP contribution in [0.5, 0.6) is 34.5 Å². The Balaban J connectivity index is 0.722. The number of methoxy groups -OCH3 is 2. The van der Waals surface area contributed by atoms with E-state index in [9.17, 15) is 37.2 Å². The number of imidazole rings is 1. The Hall–Kier alpha value is -7.73. The number of nitrogens with zero attached hydrogens (tertiary/aromatic N) is 3. The van der Waals surface area contributed by atoms with Gasteiger partial charge in [-0.15, -0.1) is 0 Å². The third kappa shape index (κ3) is 13.7. The summed E-state index contributed by atoms with van der Waals surface area (Å²) >= 11 is 0. The van der Waals surface area contributed by atoms with Crippen molar-refractivity contribution in [3.8, 4) is 34.5 Å². The molecular formula is C52H60N6O16S. The maximum atomic E-state index is 13.7. The quantitative estimate of drug-likeness (QED) is 0.0478. The Morgan fingerprint density at radius 3 is 1.92 bits per heavy atom. The van der Waals surface area contributed by atoms with Crippen molar-refractivity contribution in [2.24, 2.45) is 14.1 Å². The summed E-state index contributed by atoms with van der Waals surface area (Å²) in [5, 5.41) is 8.10. The van der Waals surface area contributed by atoms with Crippen LogP contribution in [0.1, 0.15) is 52.0 Å². The summed E-state index contributed by atoms with van der Waals surface area (Å²) in [5.74, 6) is -1.19. The van der Waals surface area contributed by atoms with Crippen LogP contribution < -0.4 is 45.3 Å². The van der Waals surface area contributed by atoms with E-state index in [1.54, 1.807) is 56.6 Å². The number of hydrogen-bond donors (Lipinski definition) is 3. The number of benzene rings is 4. The average molecular weight is 1060 g/mol. The van der Waals surface area contributed by atoms with Gasteiger partial charge in [-0.3, -0.25) is 38.0 Å². The Kier molecular flexibility index (Phi) is 18.7. The van der Waals surface area contributed by atoms with Crippen molar-refractivity contribution in [3.05, 3.63) is 112 Å². The first-order valence-corrected chi connectivity index (χ1v) is 25.7. The molecule has 5 aromatic rings. The predicted molar refractivity (Wildman–Crippen MR) is 271 cm³/mol. The number of carbonyl (C=O) groups excluding carboxylic acids is 5. The highest BCUT2D eigenvalue weighted by Crippen LogP contribution is 2.36. The number of allylic oxidation sites excluding steroid dienone is 1. The summed E-state index contributed by atoms with van der Waals surface area (Å²) in [7, 11) is 2.16. The SMILES string of the molecule is C=C1CCC(N2C(=O)c3cccc(OCC(=O)NCCCOCCOCCOCCCNC(=O)COc4ccc(Oc5cc6c(cc5CS(=O)(=O)c5ccc(OC)c(OC)c5)n(C)c(=O)n6C)cc4)c3C2=O)C(=O)N1. The highest BCUT2D eigenvalue weighted by molar-refractivity contribution is 7.90. The van der Waals surface area contributed by atoms with Crippen LogP contribution in [-0.2, 0) is 58.3 Å². The lowest BCUT2D eigenvalue weighted by molar-refractivity contribution is -0.125. The second-order valence-corrected chi connectivity index (χ2v) is 19.3. The first-order chi connectivity index (χ1) is 36.1. The maximum absolute atomic E-state index is 13.7. The molecule has 1 aromatic heterocycles. The molecule has 3 N–H and O–H groups in total. The number of imide groups is 1. The molecule has 0 aliphatic carbocycles. The second-order valence-electron chi connectivity index (χ2n) is 17.3. The third-order valence-corrected chi connectivity index (χ3v) is 13.8. The first-order valence-electron chi connectivity index (χ1n) is 24.0. The monoisotopic (exact) mass is 1060 g/mol. The van der Waals surface area contributed by atoms with Crippen molar-refractivity contribution in [2.75, 3.05) is 80.2 Å². The Morgan fingerprint density at radius 1 is 0.693 bits per heavy atom. The van der Waals surface area contributed by atoms with Gasteiger partial charge in [0.1, 0.15) is 29.0 Å². The number of ether oxygens (including phenoxy) is 8. The van der Waals surface area contributed by atoms with Crippen molar-refractivity contribution in [1.82, 2.24) is 30.0 Å². The lowest BCUT2D eigenvalue weighted by Gasteiger charge is -2.29. The van der Waals surface area contributed by atoms with E-state index in [0.29, 0.717) is 112 Å². The molecule has 1 atom stereocenters. The number of rotatable bonds is 28. The summed E-state index contributed by atoms with van der Waals surface area (Å²) in [6.45, 7) is 5.99. The van der Waals surface area contributed by atoms with Gasteiger partial charge in [-0.2, -0.15) is 0 Å². The normalized spacial score (nSPS) is 14.4. The number of sulfone groups is 1. The van der Waals surface area contributed by atoms with Gasteiger partial charge in [-0.05, 0) is 80.3 Å². The zero-order valence-electron chi connectivity index (χ0n) is 42.1. The maximum Gasteiger partial charge on any atom is 0.328 e. The van der Waals surface area contributed by atoms with Gasteiger partial charge in [0.15, 0.2) is 34.6 Å². The number of nitrogens with one attached hydrogen (secondary N) is 3. The fourth-order valence-corrected chi connectivity index (χ4v) is 9.59. The van der Waals surface area contributed by atoms with E-state index in [1.807, 2.05) is 0 Å². The van der Waals surface area contributed by atoms with Gasteiger partial charge < -0.3 is 53.8 Å². The molecule has 0 radical (unpaired) electrons. The van der Waals surface area contributed by atoms with Crippen molar-refractivity contribution in [3.63, 3.8) is 0 Å². The number of aromatic nitrogens is 2. The molecule has 2 aliphatic rings. The minimum absolute atomic E-state index is 0.0168. The van der Waals surface area contributed by atoms with E-state index in [0.717, 1.165) is 4.90 Å². The van der Waals surface area contributed by atoms with Crippen LogP contribution >= 0.6 is 0 Å². The number of piperidine rings is 1. The Morgan fingerprint density at radius 2 is 1.29 bits per heavy atom. The molecule has 2 aliphatic heterocycles. The van der Waals surface area contributed by atoms with Crippen LogP contribution in [-0.4, -0.2) is 138 Å². The molecule has 5 amide bonds. The molecule has 75 heavy (non-hydrogen) atoms. The van der Waals surface area contributed by atoms with Crippen LogP contribution in [0.25, 0.3) is 11.0 Å². The minimum Gasteiger partial charge on any atom is -0.493 e. The fraction of sp³-hybridized carbons (Fsp3) is 0.385. The Bertz CT molecular complexity index is 3100. The minimum atomic E-state index is -3.94. The molecule has 4 aromatic carbocycles. The molecule has 22 nitrogen and oxygen atoms in total. The van der Waals surface area contributed by atoms with Crippen LogP contribution in [0.2, 0.25) is 0 Å². The van der Waals surface area contributed by atoms with Gasteiger partial charge >= 0.3 is 5.69 Å². The molecule has 7 rings (SSSR count). The van der Waals surface area contributed by atoms with Gasteiger partial charge in [-0.1, -0.05) is 12.6 Å². The molecule has 1 unspecified atom stereocenters. The highest BCUT2D eigenvalue weighted by Gasteiger charge is 2.45. The molecule has 3 heterocycles. The lowest BCUT2D eigenvalue weighted by atomic mass is 10.0. The van der Waals surface area contributed by atoms with Gasteiger partial charge in [0.05, 0.1) is 73.5 Å². The topological polar surface area (TPSA) is 260 Å². The zero-order valence-corrected chi connectivity index (χ0v) is 42.9. The van der Waals surface area contributed by atoms with Crippen LogP contribution in [0.3, 0.4) is 0 Å². The smallest absolute Gasteiger partial charge is 0.328 e. The highest BCUT2D eigenvalue weighted by atomic mass is 32.2. The fourth-order valence-electron chi connectivity index (χ4n) is 8.23. The summed E-state index contributed by atoms with van der Waals surface area (Å²) in [6, 6.07) is 17.7. The molecule has 0 bridgehead atoms. The van der Waals surface area contributed by atoms with Gasteiger partial charge in [-0.25, -0.2) is 13.2 Å². The van der Waals surface area contributed by atoms with Gasteiger partial charge in [0, 0.05) is 63.8 Å². The van der Waals surface area contributed by atoms with Gasteiger partial charge in [0.25, 0.3) is 23.6 Å². The molecule has 1 saturated heterocycles. The van der Waals surface area contributed by atoms with Crippen molar-refractivity contribution >= 4 is 50.4 Å². The number of fused-ring (bicyclic) bond motifs is 2. The summed E-state index contributed by atoms with van der Waals surface area (Å²) in [5.41, 5.74) is 1.77. The first kappa shape index (κ1) is 55.0. The molecule has 1 fully saturated rings. The summed E-state index contributed by atoms with van der Waals surface area (Å²) < 4.78 is 75.1. The summed E-state index contributed by atoms with van der Waals surface area (Å²) in [6.07, 6.45) is 1.81. The van der Waals surface area contributed by atoms with E-state index in [1.165, 1.54) is 53.7 Å². The number of hydrogen-bond acceptors (Lipinski definition) is 16. The molecule has 400 valence electrons. The molecule has 23 heteroatoms. The lowest BCUT2D eigenvalue weighted by Crippen LogP contribution is -2.51. The average Bonchev–Trinajstić information content (AvgIpc) is 3.78. The molecular weight excluding hydrogens is 997 g/mol. The van der Waals surface area contributed by atoms with Crippen LogP contribution in [0.4, 0.5) is 0 Å². The van der Waals surface area contributed by atoms with Crippen molar-refractivity contribution in [2.45, 2.75) is 42.4 Å². The van der Waals surface area contributed by atoms with E-state index in [2.05, 4.69) is 22.5 Å². The van der Waals surface area contributed by atoms with E-state index < -0.39 is 45.3 Å². The number of carbonyl (C=O) groups is 5. The summed E-state index contributed by atoms with van der Waals surface area (Å²) in [4.78, 5) is 77.5. The van der Waals surface area contributed by atoms with Gasteiger partial charge in [0.2, 0.25) is 5.91 Å².